The van der Waals surface area contributed by atoms with Crippen LogP contribution in [-0.2, 0) is 0 Å². The van der Waals surface area contributed by atoms with Gasteiger partial charge in [-0.2, -0.15) is 0 Å². The molecule has 1 aromatic heterocycles. The summed E-state index contributed by atoms with van der Waals surface area (Å²) in [5.74, 6) is 0. The van der Waals surface area contributed by atoms with Crippen LogP contribution in [0.1, 0.15) is 12.6 Å². The van der Waals surface area contributed by atoms with Crippen LogP contribution in [0.25, 0.3) is 22.0 Å². The van der Waals surface area contributed by atoms with Crippen molar-refractivity contribution in [1.82, 2.24) is 4.98 Å². The van der Waals surface area contributed by atoms with Crippen LogP contribution in [-0.4, -0.2) is 15.9 Å². The molecule has 3 heteroatoms. The molecule has 20 heavy (non-hydrogen) atoms. The van der Waals surface area contributed by atoms with E-state index in [4.69, 9.17) is 5.21 Å². The lowest BCUT2D eigenvalue weighted by molar-refractivity contribution is 0.319. The molecule has 3 nitrogen and oxygen atoms in total. The van der Waals surface area contributed by atoms with E-state index < -0.39 is 0 Å². The highest BCUT2D eigenvalue weighted by Crippen LogP contribution is 2.28. The molecular formula is C17H14N2O. The van der Waals surface area contributed by atoms with Gasteiger partial charge in [0.2, 0.25) is 0 Å². The van der Waals surface area contributed by atoms with Crippen LogP contribution in [0.15, 0.2) is 65.8 Å². The molecule has 1 N–H and O–H groups in total. The van der Waals surface area contributed by atoms with Crippen LogP contribution in [0.4, 0.5) is 0 Å². The first-order valence-corrected chi connectivity index (χ1v) is 6.44. The first kappa shape index (κ1) is 12.4. The summed E-state index contributed by atoms with van der Waals surface area (Å²) in [4.78, 5) is 4.54. The van der Waals surface area contributed by atoms with E-state index in [9.17, 15) is 0 Å². The van der Waals surface area contributed by atoms with Crippen molar-refractivity contribution in [2.24, 2.45) is 5.16 Å². The van der Waals surface area contributed by atoms with Crippen molar-refractivity contribution in [1.29, 1.82) is 0 Å². The number of nitrogens with zero attached hydrogens (tertiary/aromatic N) is 2. The SMILES string of the molecule is CC(=NO)c1cc(-c2ccccc2)c2ccccc2n1. The summed E-state index contributed by atoms with van der Waals surface area (Å²) in [7, 11) is 0. The van der Waals surface area contributed by atoms with Crippen LogP contribution >= 0.6 is 0 Å². The summed E-state index contributed by atoms with van der Waals surface area (Å²) in [6.45, 7) is 1.74. The lowest BCUT2D eigenvalue weighted by Gasteiger charge is -2.09. The maximum Gasteiger partial charge on any atom is 0.102 e. The van der Waals surface area contributed by atoms with Gasteiger partial charge in [0, 0.05) is 5.39 Å². The van der Waals surface area contributed by atoms with Crippen molar-refractivity contribution < 1.29 is 5.21 Å². The zero-order valence-corrected chi connectivity index (χ0v) is 11.1. The van der Waals surface area contributed by atoms with E-state index in [2.05, 4.69) is 28.3 Å². The maximum atomic E-state index is 8.97. The molecule has 0 atom stereocenters. The Bertz CT molecular complexity index is 779. The fourth-order valence-electron chi connectivity index (χ4n) is 2.27. The Morgan fingerprint density at radius 1 is 1.00 bits per heavy atom. The largest absolute Gasteiger partial charge is 0.411 e. The number of benzene rings is 2. The minimum absolute atomic E-state index is 0.507. The molecule has 0 saturated carbocycles. The second kappa shape index (κ2) is 5.13. The molecule has 0 fully saturated rings. The lowest BCUT2D eigenvalue weighted by atomic mass is 9.99. The molecule has 0 aliphatic rings. The number of hydrogen-bond donors (Lipinski definition) is 1. The summed E-state index contributed by atoms with van der Waals surface area (Å²) >= 11 is 0. The average molecular weight is 262 g/mol. The van der Waals surface area contributed by atoms with E-state index in [-0.39, 0.29) is 0 Å². The summed E-state index contributed by atoms with van der Waals surface area (Å²) in [5.41, 5.74) is 4.30. The second-order valence-corrected chi connectivity index (χ2v) is 4.62. The minimum atomic E-state index is 0.507. The quantitative estimate of drug-likeness (QED) is 0.429. The highest BCUT2D eigenvalue weighted by Gasteiger charge is 2.09. The molecule has 0 bridgehead atoms. The molecule has 0 spiro atoms. The van der Waals surface area contributed by atoms with E-state index in [0.717, 1.165) is 22.0 Å². The Labute approximate surface area is 117 Å². The lowest BCUT2D eigenvalue weighted by Crippen LogP contribution is -2.00. The monoisotopic (exact) mass is 262 g/mol. The Morgan fingerprint density at radius 3 is 2.45 bits per heavy atom. The Hall–Kier alpha value is -2.68. The third kappa shape index (κ3) is 2.14. The van der Waals surface area contributed by atoms with Gasteiger partial charge in [0.05, 0.1) is 11.2 Å². The summed E-state index contributed by atoms with van der Waals surface area (Å²) in [5, 5.41) is 13.3. The normalized spacial score (nSPS) is 11.8. The molecule has 3 rings (SSSR count). The molecule has 0 amide bonds. The molecule has 3 aromatic rings. The zero-order valence-electron chi connectivity index (χ0n) is 11.1. The van der Waals surface area contributed by atoms with Gasteiger partial charge in [0.25, 0.3) is 0 Å². The number of pyridine rings is 1. The number of oxime groups is 1. The Balaban J connectivity index is 2.34. The smallest absolute Gasteiger partial charge is 0.102 e. The fourth-order valence-corrected chi connectivity index (χ4v) is 2.27. The molecule has 2 aromatic carbocycles. The van der Waals surface area contributed by atoms with Crippen molar-refractivity contribution >= 4 is 16.6 Å². The number of fused-ring (bicyclic) bond motifs is 1. The molecule has 1 heterocycles. The molecule has 0 saturated heterocycles. The minimum Gasteiger partial charge on any atom is -0.411 e. The molecule has 0 aliphatic carbocycles. The van der Waals surface area contributed by atoms with Gasteiger partial charge in [-0.05, 0) is 30.2 Å². The number of hydrogen-bond acceptors (Lipinski definition) is 3. The summed E-state index contributed by atoms with van der Waals surface area (Å²) < 4.78 is 0. The van der Waals surface area contributed by atoms with Gasteiger partial charge in [-0.25, -0.2) is 4.98 Å². The number of para-hydroxylation sites is 1. The van der Waals surface area contributed by atoms with Crippen LogP contribution in [0, 0.1) is 0 Å². The van der Waals surface area contributed by atoms with E-state index >= 15 is 0 Å². The van der Waals surface area contributed by atoms with Gasteiger partial charge in [0.15, 0.2) is 0 Å². The molecular weight excluding hydrogens is 248 g/mol. The van der Waals surface area contributed by atoms with Gasteiger partial charge in [-0.1, -0.05) is 53.7 Å². The zero-order chi connectivity index (χ0) is 13.9. The van der Waals surface area contributed by atoms with Gasteiger partial charge >= 0.3 is 0 Å². The van der Waals surface area contributed by atoms with Crippen LogP contribution in [0.2, 0.25) is 0 Å². The van der Waals surface area contributed by atoms with E-state index in [1.165, 1.54) is 0 Å². The van der Waals surface area contributed by atoms with Crippen molar-refractivity contribution in [2.45, 2.75) is 6.92 Å². The first-order chi connectivity index (χ1) is 9.79. The van der Waals surface area contributed by atoms with Crippen molar-refractivity contribution in [2.75, 3.05) is 0 Å². The number of rotatable bonds is 2. The molecule has 0 radical (unpaired) electrons. The van der Waals surface area contributed by atoms with E-state index in [0.29, 0.717) is 11.4 Å². The van der Waals surface area contributed by atoms with E-state index in [1.54, 1.807) is 6.92 Å². The predicted molar refractivity (Wildman–Crippen MR) is 81.2 cm³/mol. The van der Waals surface area contributed by atoms with Crippen molar-refractivity contribution in [3.63, 3.8) is 0 Å². The molecule has 98 valence electrons. The standard InChI is InChI=1S/C17H14N2O/c1-12(19-20)17-11-15(13-7-3-2-4-8-13)14-9-5-6-10-16(14)18-17/h2-11,20H,1H3. The fraction of sp³-hybridized carbons (Fsp3) is 0.0588. The summed E-state index contributed by atoms with van der Waals surface area (Å²) in [6, 6.07) is 20.1. The third-order valence-corrected chi connectivity index (χ3v) is 3.32. The highest BCUT2D eigenvalue weighted by atomic mass is 16.4. The van der Waals surface area contributed by atoms with Crippen LogP contribution in [0.3, 0.4) is 0 Å². The van der Waals surface area contributed by atoms with Crippen LogP contribution < -0.4 is 0 Å². The molecule has 0 aliphatic heterocycles. The maximum absolute atomic E-state index is 8.97. The Morgan fingerprint density at radius 2 is 1.70 bits per heavy atom. The average Bonchev–Trinajstić information content (AvgIpc) is 2.54. The Kier molecular flexibility index (Phi) is 3.17. The van der Waals surface area contributed by atoms with E-state index in [1.807, 2.05) is 42.5 Å². The predicted octanol–water partition coefficient (Wildman–Crippen LogP) is 4.10. The van der Waals surface area contributed by atoms with Gasteiger partial charge in [-0.15, -0.1) is 0 Å². The van der Waals surface area contributed by atoms with Gasteiger partial charge < -0.3 is 5.21 Å². The van der Waals surface area contributed by atoms with Crippen LogP contribution in [0.5, 0.6) is 0 Å². The van der Waals surface area contributed by atoms with Gasteiger partial charge in [-0.3, -0.25) is 0 Å². The van der Waals surface area contributed by atoms with Crippen molar-refractivity contribution in [3.05, 3.63) is 66.4 Å². The number of aromatic nitrogens is 1. The van der Waals surface area contributed by atoms with Crippen molar-refractivity contribution in [3.8, 4) is 11.1 Å². The van der Waals surface area contributed by atoms with Gasteiger partial charge in [0.1, 0.15) is 5.71 Å². The topological polar surface area (TPSA) is 45.5 Å². The molecule has 0 unspecified atom stereocenters. The first-order valence-electron chi connectivity index (χ1n) is 6.44. The highest BCUT2D eigenvalue weighted by molar-refractivity contribution is 6.03. The summed E-state index contributed by atoms with van der Waals surface area (Å²) in [6.07, 6.45) is 0. The third-order valence-electron chi connectivity index (χ3n) is 3.32. The second-order valence-electron chi connectivity index (χ2n) is 4.62.